The van der Waals surface area contributed by atoms with Crippen LogP contribution in [0.25, 0.3) is 0 Å². The van der Waals surface area contributed by atoms with Gasteiger partial charge >= 0.3 is 0 Å². The molecule has 5 nitrogen and oxygen atoms in total. The number of nitrogens with two attached hydrogens (primary N) is 1. The summed E-state index contributed by atoms with van der Waals surface area (Å²) in [5.74, 6) is 1.43. The van der Waals surface area contributed by atoms with Gasteiger partial charge in [-0.05, 0) is 31.8 Å². The van der Waals surface area contributed by atoms with Crippen molar-refractivity contribution in [2.45, 2.75) is 44.9 Å². The largest absolute Gasteiger partial charge is 0.339 e. The van der Waals surface area contributed by atoms with E-state index in [9.17, 15) is 0 Å². The van der Waals surface area contributed by atoms with E-state index in [1.807, 2.05) is 0 Å². The summed E-state index contributed by atoms with van der Waals surface area (Å²) >= 11 is 0. The van der Waals surface area contributed by atoms with Gasteiger partial charge in [0.05, 0.1) is 5.41 Å². The van der Waals surface area contributed by atoms with E-state index in [1.165, 1.54) is 12.8 Å². The first-order valence-corrected chi connectivity index (χ1v) is 6.55. The van der Waals surface area contributed by atoms with Crippen LogP contribution in [-0.4, -0.2) is 29.8 Å². The van der Waals surface area contributed by atoms with Crippen molar-refractivity contribution in [3.8, 4) is 0 Å². The van der Waals surface area contributed by atoms with Crippen molar-refractivity contribution in [1.29, 1.82) is 0 Å². The zero-order valence-electron chi connectivity index (χ0n) is 10.8. The predicted octanol–water partition coefficient (Wildman–Crippen LogP) is 1.69. The molecule has 1 aromatic rings. The van der Waals surface area contributed by atoms with Gasteiger partial charge in [0.2, 0.25) is 5.89 Å². The predicted molar refractivity (Wildman–Crippen MR) is 67.1 cm³/mol. The summed E-state index contributed by atoms with van der Waals surface area (Å²) < 4.78 is 5.44. The summed E-state index contributed by atoms with van der Waals surface area (Å²) in [4.78, 5) is 6.63. The SMILES string of the molecule is CCN(CC)c1noc(C2(CN)CCCC2)n1. The van der Waals surface area contributed by atoms with Crippen molar-refractivity contribution in [2.24, 2.45) is 5.73 Å². The number of hydrogen-bond acceptors (Lipinski definition) is 5. The maximum absolute atomic E-state index is 5.91. The van der Waals surface area contributed by atoms with Crippen molar-refractivity contribution in [3.63, 3.8) is 0 Å². The van der Waals surface area contributed by atoms with Gasteiger partial charge in [0.15, 0.2) is 0 Å². The molecule has 1 heterocycles. The third-order valence-corrected chi connectivity index (χ3v) is 3.87. The number of aromatic nitrogens is 2. The standard InChI is InChI=1S/C12H22N4O/c1-3-16(4-2)11-14-10(17-15-11)12(9-13)7-5-6-8-12/h3-9,13H2,1-2H3. The highest BCUT2D eigenvalue weighted by molar-refractivity contribution is 5.28. The molecular formula is C12H22N4O. The van der Waals surface area contributed by atoms with Crippen molar-refractivity contribution < 1.29 is 4.52 Å². The lowest BCUT2D eigenvalue weighted by Gasteiger charge is -2.21. The highest BCUT2D eigenvalue weighted by Crippen LogP contribution is 2.39. The van der Waals surface area contributed by atoms with Gasteiger partial charge in [-0.2, -0.15) is 4.98 Å². The third kappa shape index (κ3) is 2.16. The monoisotopic (exact) mass is 238 g/mol. The topological polar surface area (TPSA) is 68.2 Å². The van der Waals surface area contributed by atoms with Gasteiger partial charge in [-0.25, -0.2) is 0 Å². The minimum absolute atomic E-state index is 0.0571. The van der Waals surface area contributed by atoms with Gasteiger partial charge in [-0.15, -0.1) is 0 Å². The fraction of sp³-hybridized carbons (Fsp3) is 0.833. The summed E-state index contributed by atoms with van der Waals surface area (Å²) in [6, 6.07) is 0. The maximum Gasteiger partial charge on any atom is 0.266 e. The molecule has 1 aliphatic rings. The average Bonchev–Trinajstić information content (AvgIpc) is 2.99. The molecule has 0 bridgehead atoms. The molecule has 1 saturated carbocycles. The summed E-state index contributed by atoms with van der Waals surface area (Å²) in [5, 5.41) is 4.08. The Morgan fingerprint density at radius 1 is 1.29 bits per heavy atom. The van der Waals surface area contributed by atoms with Crippen LogP contribution in [0.1, 0.15) is 45.4 Å². The van der Waals surface area contributed by atoms with Gasteiger partial charge in [-0.1, -0.05) is 12.8 Å². The van der Waals surface area contributed by atoms with Crippen LogP contribution in [0.3, 0.4) is 0 Å². The second-order valence-corrected chi connectivity index (χ2v) is 4.76. The van der Waals surface area contributed by atoms with Crippen molar-refractivity contribution in [3.05, 3.63) is 5.89 Å². The zero-order chi connectivity index (χ0) is 12.3. The molecule has 0 unspecified atom stereocenters. The van der Waals surface area contributed by atoms with E-state index in [1.54, 1.807) is 0 Å². The molecule has 0 atom stereocenters. The van der Waals surface area contributed by atoms with Crippen molar-refractivity contribution in [2.75, 3.05) is 24.5 Å². The molecule has 17 heavy (non-hydrogen) atoms. The molecule has 96 valence electrons. The smallest absolute Gasteiger partial charge is 0.266 e. The number of hydrogen-bond donors (Lipinski definition) is 1. The molecular weight excluding hydrogens is 216 g/mol. The molecule has 0 aromatic carbocycles. The Hall–Kier alpha value is -1.10. The van der Waals surface area contributed by atoms with Crippen molar-refractivity contribution >= 4 is 5.95 Å². The zero-order valence-corrected chi connectivity index (χ0v) is 10.8. The van der Waals surface area contributed by atoms with Crippen LogP contribution in [0.5, 0.6) is 0 Å². The van der Waals surface area contributed by atoms with E-state index < -0.39 is 0 Å². The summed E-state index contributed by atoms with van der Waals surface area (Å²) in [7, 11) is 0. The normalized spacial score (nSPS) is 18.5. The first-order valence-electron chi connectivity index (χ1n) is 6.55. The van der Waals surface area contributed by atoms with Crippen LogP contribution in [0, 0.1) is 0 Å². The molecule has 0 amide bonds. The minimum atomic E-state index is -0.0571. The lowest BCUT2D eigenvalue weighted by Crippen LogP contribution is -2.32. The number of rotatable bonds is 5. The van der Waals surface area contributed by atoms with E-state index in [0.717, 1.165) is 31.8 Å². The van der Waals surface area contributed by atoms with E-state index in [-0.39, 0.29) is 5.41 Å². The quantitative estimate of drug-likeness (QED) is 0.845. The Morgan fingerprint density at radius 3 is 2.47 bits per heavy atom. The second kappa shape index (κ2) is 5.04. The molecule has 2 rings (SSSR count). The minimum Gasteiger partial charge on any atom is -0.339 e. The lowest BCUT2D eigenvalue weighted by atomic mass is 9.86. The highest BCUT2D eigenvalue weighted by atomic mass is 16.5. The molecule has 1 aliphatic carbocycles. The molecule has 2 N–H and O–H groups in total. The lowest BCUT2D eigenvalue weighted by molar-refractivity contribution is 0.284. The van der Waals surface area contributed by atoms with Gasteiger partial charge < -0.3 is 15.2 Å². The van der Waals surface area contributed by atoms with Crippen LogP contribution in [0.2, 0.25) is 0 Å². The van der Waals surface area contributed by atoms with Gasteiger partial charge in [0.25, 0.3) is 5.95 Å². The van der Waals surface area contributed by atoms with Gasteiger partial charge in [0, 0.05) is 19.6 Å². The molecule has 1 fully saturated rings. The molecule has 5 heteroatoms. The molecule has 0 spiro atoms. The van der Waals surface area contributed by atoms with Crippen LogP contribution in [0.4, 0.5) is 5.95 Å². The molecule has 0 aliphatic heterocycles. The Bertz CT molecular complexity index is 353. The Labute approximate surface area is 102 Å². The fourth-order valence-electron chi connectivity index (χ4n) is 2.62. The summed E-state index contributed by atoms with van der Waals surface area (Å²) in [6.45, 7) is 6.57. The van der Waals surface area contributed by atoms with Gasteiger partial charge in [-0.3, -0.25) is 0 Å². The third-order valence-electron chi connectivity index (χ3n) is 3.87. The maximum atomic E-state index is 5.91. The van der Waals surface area contributed by atoms with Crippen LogP contribution in [0.15, 0.2) is 4.52 Å². The van der Waals surface area contributed by atoms with Crippen LogP contribution < -0.4 is 10.6 Å². The van der Waals surface area contributed by atoms with E-state index in [4.69, 9.17) is 10.3 Å². The summed E-state index contributed by atoms with van der Waals surface area (Å²) in [5.41, 5.74) is 5.85. The highest BCUT2D eigenvalue weighted by Gasteiger charge is 2.39. The van der Waals surface area contributed by atoms with Crippen LogP contribution >= 0.6 is 0 Å². The Kier molecular flexibility index (Phi) is 3.66. The van der Waals surface area contributed by atoms with Crippen molar-refractivity contribution in [1.82, 2.24) is 10.1 Å². The second-order valence-electron chi connectivity index (χ2n) is 4.76. The molecule has 0 radical (unpaired) electrons. The Balaban J connectivity index is 2.22. The fourth-order valence-corrected chi connectivity index (χ4v) is 2.62. The van der Waals surface area contributed by atoms with Gasteiger partial charge in [0.1, 0.15) is 0 Å². The van der Waals surface area contributed by atoms with E-state index in [2.05, 4.69) is 28.9 Å². The Morgan fingerprint density at radius 2 is 1.94 bits per heavy atom. The van der Waals surface area contributed by atoms with E-state index in [0.29, 0.717) is 12.5 Å². The first-order chi connectivity index (χ1) is 8.25. The molecule has 0 saturated heterocycles. The van der Waals surface area contributed by atoms with Crippen LogP contribution in [-0.2, 0) is 5.41 Å². The first kappa shape index (κ1) is 12.4. The molecule has 1 aromatic heterocycles. The summed E-state index contributed by atoms with van der Waals surface area (Å²) in [6.07, 6.45) is 4.56. The average molecular weight is 238 g/mol. The number of nitrogens with zero attached hydrogens (tertiary/aromatic N) is 3. The number of anilines is 1. The van der Waals surface area contributed by atoms with E-state index >= 15 is 0 Å².